The molecule has 25 heavy (non-hydrogen) atoms. The van der Waals surface area contributed by atoms with E-state index in [-0.39, 0.29) is 5.91 Å². The van der Waals surface area contributed by atoms with E-state index in [9.17, 15) is 4.79 Å². The van der Waals surface area contributed by atoms with Crippen LogP contribution in [0.1, 0.15) is 22.8 Å². The van der Waals surface area contributed by atoms with Gasteiger partial charge >= 0.3 is 0 Å². The topological polar surface area (TPSA) is 43.6 Å². The monoisotopic (exact) mass is 352 g/mol. The molecule has 4 nitrogen and oxygen atoms in total. The third-order valence-electron chi connectivity index (χ3n) is 3.76. The van der Waals surface area contributed by atoms with Crippen LogP contribution in [0.15, 0.2) is 60.1 Å². The number of benzene rings is 2. The molecule has 3 rings (SSSR count). The molecule has 1 heterocycles. The van der Waals surface area contributed by atoms with Crippen molar-refractivity contribution in [1.82, 2.24) is 4.57 Å². The van der Waals surface area contributed by atoms with Crippen molar-refractivity contribution in [2.45, 2.75) is 20.4 Å². The van der Waals surface area contributed by atoms with Crippen molar-refractivity contribution in [3.63, 3.8) is 0 Å². The fourth-order valence-corrected chi connectivity index (χ4v) is 3.72. The minimum Gasteiger partial charge on any atom is -0.494 e. The van der Waals surface area contributed by atoms with Crippen molar-refractivity contribution in [3.05, 3.63) is 71.0 Å². The van der Waals surface area contributed by atoms with E-state index in [1.165, 1.54) is 16.9 Å². The smallest absolute Gasteiger partial charge is 0.279 e. The number of hydrogen-bond acceptors (Lipinski definition) is 3. The Hall–Kier alpha value is -2.66. The van der Waals surface area contributed by atoms with Crippen LogP contribution in [0.2, 0.25) is 0 Å². The normalized spacial score (nSPS) is 11.7. The van der Waals surface area contributed by atoms with Gasteiger partial charge in [0.05, 0.1) is 16.8 Å². The molecule has 0 N–H and O–H groups in total. The molecule has 3 aromatic rings. The van der Waals surface area contributed by atoms with E-state index in [0.717, 1.165) is 16.0 Å². The van der Waals surface area contributed by atoms with Gasteiger partial charge in [-0.1, -0.05) is 23.5 Å². The number of aromatic nitrogens is 1. The molecule has 0 saturated carbocycles. The summed E-state index contributed by atoms with van der Waals surface area (Å²) in [5.41, 5.74) is 2.79. The van der Waals surface area contributed by atoms with Gasteiger partial charge in [-0.25, -0.2) is 0 Å². The number of nitrogens with zero attached hydrogens (tertiary/aromatic N) is 2. The van der Waals surface area contributed by atoms with Crippen molar-refractivity contribution in [3.8, 4) is 5.75 Å². The summed E-state index contributed by atoms with van der Waals surface area (Å²) in [5.74, 6) is 0.488. The average Bonchev–Trinajstić information content (AvgIpc) is 2.92. The Kier molecular flexibility index (Phi) is 5.14. The van der Waals surface area contributed by atoms with Gasteiger partial charge in [-0.2, -0.15) is 4.99 Å². The predicted molar refractivity (Wildman–Crippen MR) is 102 cm³/mol. The highest BCUT2D eigenvalue weighted by atomic mass is 32.1. The maximum absolute atomic E-state index is 12.5. The molecular weight excluding hydrogens is 332 g/mol. The summed E-state index contributed by atoms with van der Waals surface area (Å²) in [4.78, 5) is 17.6. The summed E-state index contributed by atoms with van der Waals surface area (Å²) >= 11 is 1.52. The van der Waals surface area contributed by atoms with E-state index >= 15 is 0 Å². The van der Waals surface area contributed by atoms with Crippen molar-refractivity contribution in [2.75, 3.05) is 6.61 Å². The number of carbonyl (C=O) groups is 1. The van der Waals surface area contributed by atoms with Crippen molar-refractivity contribution in [1.29, 1.82) is 0 Å². The zero-order valence-corrected chi connectivity index (χ0v) is 15.2. The third-order valence-corrected chi connectivity index (χ3v) is 4.80. The molecule has 0 radical (unpaired) electrons. The summed E-state index contributed by atoms with van der Waals surface area (Å²) in [6.45, 7) is 9.00. The van der Waals surface area contributed by atoms with E-state index in [2.05, 4.69) is 36.7 Å². The lowest BCUT2D eigenvalue weighted by Gasteiger charge is -2.03. The molecule has 0 aliphatic rings. The van der Waals surface area contributed by atoms with Gasteiger partial charge < -0.3 is 9.30 Å². The Morgan fingerprint density at radius 1 is 1.28 bits per heavy atom. The molecule has 5 heteroatoms. The van der Waals surface area contributed by atoms with Crippen LogP contribution in [0.3, 0.4) is 0 Å². The van der Waals surface area contributed by atoms with Gasteiger partial charge in [-0.15, -0.1) is 6.58 Å². The second-order valence-corrected chi connectivity index (χ2v) is 6.64. The lowest BCUT2D eigenvalue weighted by molar-refractivity contribution is 0.0998. The first-order valence-corrected chi connectivity index (χ1v) is 8.97. The van der Waals surface area contributed by atoms with Gasteiger partial charge in [0.15, 0.2) is 4.80 Å². The third kappa shape index (κ3) is 3.72. The van der Waals surface area contributed by atoms with Crippen LogP contribution in [0.25, 0.3) is 10.2 Å². The second kappa shape index (κ2) is 7.49. The van der Waals surface area contributed by atoms with Crippen LogP contribution in [0, 0.1) is 6.92 Å². The van der Waals surface area contributed by atoms with E-state index in [0.29, 0.717) is 23.5 Å². The highest BCUT2D eigenvalue weighted by Gasteiger charge is 2.09. The van der Waals surface area contributed by atoms with Crippen molar-refractivity contribution >= 4 is 27.5 Å². The molecular formula is C20H20N2O2S. The summed E-state index contributed by atoms with van der Waals surface area (Å²) in [7, 11) is 0. The number of allylic oxidation sites excluding steroid dienone is 1. The Morgan fingerprint density at radius 3 is 2.72 bits per heavy atom. The Balaban J connectivity index is 2.03. The highest BCUT2D eigenvalue weighted by Crippen LogP contribution is 2.19. The van der Waals surface area contributed by atoms with Crippen LogP contribution in [-0.2, 0) is 6.54 Å². The van der Waals surface area contributed by atoms with E-state index < -0.39 is 0 Å². The Bertz CT molecular complexity index is 981. The Morgan fingerprint density at radius 2 is 2.04 bits per heavy atom. The lowest BCUT2D eigenvalue weighted by atomic mass is 10.2. The van der Waals surface area contributed by atoms with Crippen LogP contribution < -0.4 is 9.54 Å². The molecule has 0 aliphatic heterocycles. The predicted octanol–water partition coefficient (Wildman–Crippen LogP) is 4.34. The molecule has 0 spiro atoms. The zero-order valence-electron chi connectivity index (χ0n) is 14.4. The van der Waals surface area contributed by atoms with Crippen molar-refractivity contribution < 1.29 is 9.53 Å². The number of fused-ring (bicyclic) bond motifs is 1. The first-order valence-electron chi connectivity index (χ1n) is 8.15. The van der Waals surface area contributed by atoms with Gasteiger partial charge in [0, 0.05) is 12.1 Å². The molecule has 0 saturated heterocycles. The first kappa shape index (κ1) is 17.2. The summed E-state index contributed by atoms with van der Waals surface area (Å²) in [6.07, 6.45) is 1.81. The van der Waals surface area contributed by atoms with Crippen LogP contribution in [-0.4, -0.2) is 17.1 Å². The van der Waals surface area contributed by atoms with E-state index in [1.54, 1.807) is 24.3 Å². The first-order chi connectivity index (χ1) is 12.1. The molecule has 1 aromatic heterocycles. The second-order valence-electron chi connectivity index (χ2n) is 5.63. The summed E-state index contributed by atoms with van der Waals surface area (Å²) < 4.78 is 8.53. The molecule has 0 fully saturated rings. The summed E-state index contributed by atoms with van der Waals surface area (Å²) in [6, 6.07) is 13.3. The van der Waals surface area contributed by atoms with E-state index in [4.69, 9.17) is 4.74 Å². The largest absolute Gasteiger partial charge is 0.494 e. The fourth-order valence-electron chi connectivity index (χ4n) is 2.58. The number of hydrogen-bond donors (Lipinski definition) is 0. The van der Waals surface area contributed by atoms with Gasteiger partial charge in [0.1, 0.15) is 5.75 Å². The highest BCUT2D eigenvalue weighted by molar-refractivity contribution is 7.16. The zero-order chi connectivity index (χ0) is 17.8. The standard InChI is InChI=1S/C20H20N2O2S/c1-4-12-22-17-11-6-14(3)13-18(17)25-20(22)21-19(23)15-7-9-16(10-8-15)24-5-2/h4,6-11,13H,1,5,12H2,2-3H3. The number of carbonyl (C=O) groups excluding carboxylic acids is 1. The number of aryl methyl sites for hydroxylation is 1. The number of thiazole rings is 1. The summed E-state index contributed by atoms with van der Waals surface area (Å²) in [5, 5.41) is 0. The quantitative estimate of drug-likeness (QED) is 0.641. The van der Waals surface area contributed by atoms with Crippen LogP contribution >= 0.6 is 11.3 Å². The molecule has 128 valence electrons. The van der Waals surface area contributed by atoms with Crippen molar-refractivity contribution in [2.24, 2.45) is 4.99 Å². The molecule has 0 atom stereocenters. The van der Waals surface area contributed by atoms with Gasteiger partial charge in [0.25, 0.3) is 5.91 Å². The minimum atomic E-state index is -0.260. The average molecular weight is 352 g/mol. The maximum Gasteiger partial charge on any atom is 0.279 e. The molecule has 1 amide bonds. The number of ether oxygens (including phenoxy) is 1. The maximum atomic E-state index is 12.5. The SMILES string of the molecule is C=CCn1c(=NC(=O)c2ccc(OCC)cc2)sc2cc(C)ccc21. The molecule has 0 bridgehead atoms. The lowest BCUT2D eigenvalue weighted by Crippen LogP contribution is -2.16. The van der Waals surface area contributed by atoms with E-state index in [1.807, 2.05) is 17.6 Å². The molecule has 0 aliphatic carbocycles. The van der Waals surface area contributed by atoms with Gasteiger partial charge in [-0.3, -0.25) is 4.79 Å². The van der Waals surface area contributed by atoms with Gasteiger partial charge in [-0.05, 0) is 55.8 Å². The number of amides is 1. The van der Waals surface area contributed by atoms with Crippen LogP contribution in [0.4, 0.5) is 0 Å². The van der Waals surface area contributed by atoms with Gasteiger partial charge in [0.2, 0.25) is 0 Å². The Labute approximate surface area is 150 Å². The fraction of sp³-hybridized carbons (Fsp3) is 0.200. The number of rotatable bonds is 5. The molecule has 0 unspecified atom stereocenters. The van der Waals surface area contributed by atoms with Crippen LogP contribution in [0.5, 0.6) is 5.75 Å². The minimum absolute atomic E-state index is 0.260. The molecule has 2 aromatic carbocycles.